The summed E-state index contributed by atoms with van der Waals surface area (Å²) in [6, 6.07) is 4.77. The van der Waals surface area contributed by atoms with Gasteiger partial charge < -0.3 is 16.0 Å². The molecule has 0 aliphatic heterocycles. The van der Waals surface area contributed by atoms with E-state index >= 15 is 0 Å². The average Bonchev–Trinajstić information content (AvgIpc) is 2.53. The van der Waals surface area contributed by atoms with E-state index < -0.39 is 0 Å². The van der Waals surface area contributed by atoms with Gasteiger partial charge >= 0.3 is 0 Å². The van der Waals surface area contributed by atoms with Crippen molar-refractivity contribution in [2.24, 2.45) is 10.9 Å². The second kappa shape index (κ2) is 9.90. The number of nitrogens with one attached hydrogen (secondary N) is 3. The van der Waals surface area contributed by atoms with Crippen molar-refractivity contribution in [3.05, 3.63) is 35.1 Å². The van der Waals surface area contributed by atoms with Gasteiger partial charge in [-0.2, -0.15) is 0 Å². The summed E-state index contributed by atoms with van der Waals surface area (Å²) in [7, 11) is 0. The monoisotopic (exact) mass is 336 g/mol. The van der Waals surface area contributed by atoms with Gasteiger partial charge in [-0.1, -0.05) is 19.9 Å². The molecule has 0 spiro atoms. The van der Waals surface area contributed by atoms with Crippen LogP contribution in [0.5, 0.6) is 0 Å². The first-order chi connectivity index (χ1) is 11.3. The van der Waals surface area contributed by atoms with Crippen LogP contribution in [0.25, 0.3) is 0 Å². The van der Waals surface area contributed by atoms with Crippen LogP contribution in [0.3, 0.4) is 0 Å². The highest BCUT2D eigenvalue weighted by molar-refractivity contribution is 5.94. The molecule has 5 nitrogen and oxygen atoms in total. The summed E-state index contributed by atoms with van der Waals surface area (Å²) in [5, 5.41) is 9.26. The van der Waals surface area contributed by atoms with Crippen LogP contribution in [0, 0.1) is 18.7 Å². The highest BCUT2D eigenvalue weighted by atomic mass is 19.1. The summed E-state index contributed by atoms with van der Waals surface area (Å²) >= 11 is 0. The number of amides is 1. The maximum atomic E-state index is 13.5. The Morgan fingerprint density at radius 2 is 1.96 bits per heavy atom. The highest BCUT2D eigenvalue weighted by Gasteiger charge is 2.09. The first-order valence-electron chi connectivity index (χ1n) is 8.44. The van der Waals surface area contributed by atoms with Gasteiger partial charge in [0.05, 0.1) is 6.54 Å². The molecule has 0 radical (unpaired) electrons. The summed E-state index contributed by atoms with van der Waals surface area (Å²) in [4.78, 5) is 16.4. The molecule has 0 saturated heterocycles. The second-order valence-electron chi connectivity index (χ2n) is 6.16. The number of nitrogens with zero attached hydrogens (tertiary/aromatic N) is 1. The van der Waals surface area contributed by atoms with Gasteiger partial charge in [0.15, 0.2) is 5.96 Å². The molecule has 0 heterocycles. The number of aliphatic imine (C=N–C) groups is 1. The fraction of sp³-hybridized carbons (Fsp3) is 0.556. The molecule has 0 saturated carbocycles. The van der Waals surface area contributed by atoms with Crippen LogP contribution in [-0.2, 0) is 0 Å². The van der Waals surface area contributed by atoms with E-state index in [2.05, 4.69) is 41.7 Å². The highest BCUT2D eigenvalue weighted by Crippen LogP contribution is 2.08. The van der Waals surface area contributed by atoms with Gasteiger partial charge in [0.2, 0.25) is 0 Å². The van der Waals surface area contributed by atoms with Gasteiger partial charge in [0, 0.05) is 24.7 Å². The molecule has 1 amide bonds. The number of carbonyl (C=O) groups excluding carboxylic acids is 1. The largest absolute Gasteiger partial charge is 0.357 e. The minimum atomic E-state index is -0.373. The van der Waals surface area contributed by atoms with E-state index in [1.807, 2.05) is 6.92 Å². The Morgan fingerprint density at radius 3 is 2.54 bits per heavy atom. The zero-order valence-corrected chi connectivity index (χ0v) is 15.2. The minimum absolute atomic E-state index is 0.294. The van der Waals surface area contributed by atoms with Crippen LogP contribution in [-0.4, -0.2) is 37.5 Å². The standard InChI is InChI=1S/C18H29FN4O/c1-6-20-18(23-14(5)12(2)3)22-10-9-21-17(24)15-8-7-13(4)16(19)11-15/h7-8,11-12,14H,6,9-10H2,1-5H3,(H,21,24)(H2,20,22,23). The summed E-state index contributed by atoms with van der Waals surface area (Å²) in [6.07, 6.45) is 0. The smallest absolute Gasteiger partial charge is 0.251 e. The molecular weight excluding hydrogens is 307 g/mol. The lowest BCUT2D eigenvalue weighted by Crippen LogP contribution is -2.44. The molecule has 134 valence electrons. The first kappa shape index (κ1) is 19.9. The maximum Gasteiger partial charge on any atom is 0.251 e. The average molecular weight is 336 g/mol. The predicted octanol–water partition coefficient (Wildman–Crippen LogP) is 2.46. The van der Waals surface area contributed by atoms with E-state index in [0.717, 1.165) is 12.5 Å². The van der Waals surface area contributed by atoms with Crippen LogP contribution < -0.4 is 16.0 Å². The second-order valence-corrected chi connectivity index (χ2v) is 6.16. The van der Waals surface area contributed by atoms with Gasteiger partial charge in [-0.15, -0.1) is 0 Å². The van der Waals surface area contributed by atoms with E-state index in [9.17, 15) is 9.18 Å². The summed E-state index contributed by atoms with van der Waals surface area (Å²) in [6.45, 7) is 11.7. The lowest BCUT2D eigenvalue weighted by molar-refractivity contribution is 0.0954. The van der Waals surface area contributed by atoms with Crippen molar-refractivity contribution in [3.8, 4) is 0 Å². The number of halogens is 1. The van der Waals surface area contributed by atoms with Gasteiger partial charge in [0.1, 0.15) is 5.82 Å². The van der Waals surface area contributed by atoms with E-state index in [1.54, 1.807) is 19.1 Å². The van der Waals surface area contributed by atoms with E-state index in [1.165, 1.54) is 6.07 Å². The number of hydrogen-bond donors (Lipinski definition) is 3. The predicted molar refractivity (Wildman–Crippen MR) is 96.9 cm³/mol. The molecule has 24 heavy (non-hydrogen) atoms. The van der Waals surface area contributed by atoms with Crippen molar-refractivity contribution in [1.29, 1.82) is 0 Å². The van der Waals surface area contributed by atoms with Gasteiger partial charge in [0.25, 0.3) is 5.91 Å². The van der Waals surface area contributed by atoms with Crippen molar-refractivity contribution in [3.63, 3.8) is 0 Å². The molecule has 0 fully saturated rings. The van der Waals surface area contributed by atoms with Crippen molar-refractivity contribution in [2.45, 2.75) is 40.7 Å². The quantitative estimate of drug-likeness (QED) is 0.407. The molecule has 1 atom stereocenters. The molecule has 1 aromatic carbocycles. The van der Waals surface area contributed by atoms with Crippen LogP contribution >= 0.6 is 0 Å². The van der Waals surface area contributed by atoms with Crippen molar-refractivity contribution in [2.75, 3.05) is 19.6 Å². The van der Waals surface area contributed by atoms with Crippen molar-refractivity contribution in [1.82, 2.24) is 16.0 Å². The van der Waals surface area contributed by atoms with E-state index in [4.69, 9.17) is 0 Å². The molecule has 1 aromatic rings. The minimum Gasteiger partial charge on any atom is -0.357 e. The molecule has 3 N–H and O–H groups in total. The van der Waals surface area contributed by atoms with E-state index in [-0.39, 0.29) is 11.7 Å². The molecule has 0 aliphatic rings. The Bertz CT molecular complexity index is 572. The van der Waals surface area contributed by atoms with Crippen LogP contribution in [0.1, 0.15) is 43.6 Å². The Kier molecular flexibility index (Phi) is 8.22. The Balaban J connectivity index is 2.51. The summed E-state index contributed by atoms with van der Waals surface area (Å²) < 4.78 is 13.5. The first-order valence-corrected chi connectivity index (χ1v) is 8.44. The third kappa shape index (κ3) is 6.56. The van der Waals surface area contributed by atoms with Crippen molar-refractivity contribution >= 4 is 11.9 Å². The zero-order valence-electron chi connectivity index (χ0n) is 15.2. The van der Waals surface area contributed by atoms with Crippen molar-refractivity contribution < 1.29 is 9.18 Å². The van der Waals surface area contributed by atoms with Gasteiger partial charge in [-0.25, -0.2) is 4.39 Å². The Morgan fingerprint density at radius 1 is 1.25 bits per heavy atom. The number of aryl methyl sites for hydroxylation is 1. The number of guanidine groups is 1. The summed E-state index contributed by atoms with van der Waals surface area (Å²) in [5.74, 6) is 0.555. The summed E-state index contributed by atoms with van der Waals surface area (Å²) in [5.41, 5.74) is 0.845. The third-order valence-corrected chi connectivity index (χ3v) is 3.81. The van der Waals surface area contributed by atoms with Crippen LogP contribution in [0.15, 0.2) is 23.2 Å². The number of hydrogen-bond acceptors (Lipinski definition) is 2. The Hall–Kier alpha value is -2.11. The maximum absolute atomic E-state index is 13.5. The number of rotatable bonds is 7. The lowest BCUT2D eigenvalue weighted by atomic mass is 10.1. The van der Waals surface area contributed by atoms with E-state index in [0.29, 0.717) is 36.2 Å². The topological polar surface area (TPSA) is 65.5 Å². The lowest BCUT2D eigenvalue weighted by Gasteiger charge is -2.20. The molecule has 0 aromatic heterocycles. The molecule has 1 rings (SSSR count). The SMILES string of the molecule is CCNC(=NCCNC(=O)c1ccc(C)c(F)c1)NC(C)C(C)C. The molecule has 0 bridgehead atoms. The molecule has 6 heteroatoms. The fourth-order valence-corrected chi connectivity index (χ4v) is 1.88. The Labute approximate surface area is 144 Å². The molecule has 0 aliphatic carbocycles. The normalized spacial score (nSPS) is 12.9. The third-order valence-electron chi connectivity index (χ3n) is 3.81. The molecular formula is C18H29FN4O. The van der Waals surface area contributed by atoms with Crippen LogP contribution in [0.2, 0.25) is 0 Å². The number of carbonyl (C=O) groups is 1. The fourth-order valence-electron chi connectivity index (χ4n) is 1.88. The number of benzene rings is 1. The zero-order chi connectivity index (χ0) is 18.1. The van der Waals surface area contributed by atoms with Gasteiger partial charge in [-0.05, 0) is 44.4 Å². The van der Waals surface area contributed by atoms with Crippen LogP contribution in [0.4, 0.5) is 4.39 Å². The van der Waals surface area contributed by atoms with Gasteiger partial charge in [-0.3, -0.25) is 9.79 Å². The molecule has 1 unspecified atom stereocenters.